The molecule has 0 atom stereocenters. The fourth-order valence-corrected chi connectivity index (χ4v) is 2.11. The summed E-state index contributed by atoms with van der Waals surface area (Å²) in [5.41, 5.74) is -0.597. The number of piperazine rings is 1. The van der Waals surface area contributed by atoms with Crippen molar-refractivity contribution in [1.29, 1.82) is 5.26 Å². The van der Waals surface area contributed by atoms with Crippen LogP contribution in [0.2, 0.25) is 0 Å². The second kappa shape index (κ2) is 5.38. The maximum absolute atomic E-state index is 10.5. The fraction of sp³-hybridized carbons (Fsp3) is 0.583. The van der Waals surface area contributed by atoms with Crippen molar-refractivity contribution in [3.05, 3.63) is 22.5 Å². The largest absolute Gasteiger partial charge is 0.338 e. The minimum absolute atomic E-state index is 0.113. The lowest BCUT2D eigenvalue weighted by molar-refractivity contribution is -0.385. The second-order valence-electron chi connectivity index (χ2n) is 5.14. The van der Waals surface area contributed by atoms with Crippen molar-refractivity contribution >= 4 is 11.6 Å². The standard InChI is InChI=1S/C12H16N6O2/c1-12(2,9-13)17-5-3-16(4-6-17)11-14-7-10(8-15-11)18(19)20/h7-8H,3-6H2,1-2H3. The van der Waals surface area contributed by atoms with Crippen LogP contribution >= 0.6 is 0 Å². The van der Waals surface area contributed by atoms with Crippen LogP contribution in [0.25, 0.3) is 0 Å². The van der Waals surface area contributed by atoms with Crippen molar-refractivity contribution in [3.8, 4) is 6.07 Å². The zero-order chi connectivity index (χ0) is 14.8. The van der Waals surface area contributed by atoms with Gasteiger partial charge in [-0.25, -0.2) is 9.97 Å². The highest BCUT2D eigenvalue weighted by Gasteiger charge is 2.30. The Morgan fingerprint density at radius 3 is 2.30 bits per heavy atom. The molecular weight excluding hydrogens is 260 g/mol. The van der Waals surface area contributed by atoms with Gasteiger partial charge in [0.15, 0.2) is 0 Å². The van der Waals surface area contributed by atoms with Gasteiger partial charge in [0.25, 0.3) is 0 Å². The van der Waals surface area contributed by atoms with Gasteiger partial charge in [0.1, 0.15) is 17.9 Å². The summed E-state index contributed by atoms with van der Waals surface area (Å²) in [6.07, 6.45) is 2.43. The van der Waals surface area contributed by atoms with Crippen molar-refractivity contribution in [2.24, 2.45) is 0 Å². The highest BCUT2D eigenvalue weighted by molar-refractivity contribution is 5.34. The van der Waals surface area contributed by atoms with E-state index in [0.717, 1.165) is 13.1 Å². The van der Waals surface area contributed by atoms with E-state index in [9.17, 15) is 10.1 Å². The van der Waals surface area contributed by atoms with Gasteiger partial charge >= 0.3 is 5.69 Å². The highest BCUT2D eigenvalue weighted by atomic mass is 16.6. The van der Waals surface area contributed by atoms with Crippen LogP contribution in [0.5, 0.6) is 0 Å². The molecule has 1 aliphatic heterocycles. The van der Waals surface area contributed by atoms with Crippen molar-refractivity contribution in [3.63, 3.8) is 0 Å². The van der Waals surface area contributed by atoms with Crippen LogP contribution in [0.3, 0.4) is 0 Å². The quantitative estimate of drug-likeness (QED) is 0.595. The van der Waals surface area contributed by atoms with E-state index in [4.69, 9.17) is 5.26 Å². The van der Waals surface area contributed by atoms with Crippen molar-refractivity contribution < 1.29 is 4.92 Å². The van der Waals surface area contributed by atoms with Crippen LogP contribution in [-0.2, 0) is 0 Å². The van der Waals surface area contributed by atoms with Crippen LogP contribution in [0.15, 0.2) is 12.4 Å². The lowest BCUT2D eigenvalue weighted by Gasteiger charge is -2.40. The van der Waals surface area contributed by atoms with E-state index in [2.05, 4.69) is 20.9 Å². The number of anilines is 1. The molecule has 0 bridgehead atoms. The van der Waals surface area contributed by atoms with Gasteiger partial charge in [0, 0.05) is 26.2 Å². The third-order valence-electron chi connectivity index (χ3n) is 3.46. The summed E-state index contributed by atoms with van der Waals surface area (Å²) < 4.78 is 0. The maximum atomic E-state index is 10.5. The Morgan fingerprint density at radius 1 is 1.30 bits per heavy atom. The molecule has 8 nitrogen and oxygen atoms in total. The van der Waals surface area contributed by atoms with E-state index in [0.29, 0.717) is 19.0 Å². The van der Waals surface area contributed by atoms with Gasteiger partial charge in [-0.2, -0.15) is 5.26 Å². The molecule has 1 aromatic heterocycles. The van der Waals surface area contributed by atoms with Crippen molar-refractivity contribution in [1.82, 2.24) is 14.9 Å². The molecule has 1 aliphatic rings. The number of hydrogen-bond acceptors (Lipinski definition) is 7. The predicted octanol–water partition coefficient (Wildman–Crippen LogP) is 0.809. The van der Waals surface area contributed by atoms with Crippen LogP contribution < -0.4 is 4.90 Å². The topological polar surface area (TPSA) is 99.2 Å². The zero-order valence-corrected chi connectivity index (χ0v) is 11.5. The van der Waals surface area contributed by atoms with Crippen molar-refractivity contribution in [2.75, 3.05) is 31.1 Å². The lowest BCUT2D eigenvalue weighted by Crippen LogP contribution is -2.54. The summed E-state index contributed by atoms with van der Waals surface area (Å²) in [6, 6.07) is 2.29. The van der Waals surface area contributed by atoms with Gasteiger partial charge < -0.3 is 4.90 Å². The van der Waals surface area contributed by atoms with E-state index in [1.54, 1.807) is 0 Å². The molecule has 0 aromatic carbocycles. The number of nitriles is 1. The van der Waals surface area contributed by atoms with Gasteiger partial charge in [-0.15, -0.1) is 0 Å². The number of rotatable bonds is 3. The molecule has 0 spiro atoms. The van der Waals surface area contributed by atoms with Gasteiger partial charge in [0.2, 0.25) is 5.95 Å². The first-order valence-electron chi connectivity index (χ1n) is 6.32. The molecule has 8 heteroatoms. The Hall–Kier alpha value is -2.27. The van der Waals surface area contributed by atoms with E-state index < -0.39 is 10.5 Å². The Morgan fingerprint density at radius 2 is 1.85 bits per heavy atom. The highest BCUT2D eigenvalue weighted by Crippen LogP contribution is 2.19. The van der Waals surface area contributed by atoms with Crippen LogP contribution in [-0.4, -0.2) is 51.5 Å². The van der Waals surface area contributed by atoms with Crippen LogP contribution in [0, 0.1) is 21.4 Å². The molecule has 0 unspecified atom stereocenters. The van der Waals surface area contributed by atoms with Gasteiger partial charge in [-0.05, 0) is 13.8 Å². The fourth-order valence-electron chi connectivity index (χ4n) is 2.11. The Labute approximate surface area is 116 Å². The first-order valence-corrected chi connectivity index (χ1v) is 6.32. The van der Waals surface area contributed by atoms with Gasteiger partial charge in [-0.3, -0.25) is 15.0 Å². The van der Waals surface area contributed by atoms with Crippen LogP contribution in [0.4, 0.5) is 11.6 Å². The number of hydrogen-bond donors (Lipinski definition) is 0. The predicted molar refractivity (Wildman–Crippen MR) is 72.2 cm³/mol. The maximum Gasteiger partial charge on any atom is 0.305 e. The van der Waals surface area contributed by atoms with E-state index in [1.807, 2.05) is 18.7 Å². The summed E-state index contributed by atoms with van der Waals surface area (Å²) in [5, 5.41) is 19.7. The number of nitro groups is 1. The average molecular weight is 276 g/mol. The molecule has 20 heavy (non-hydrogen) atoms. The first-order chi connectivity index (χ1) is 9.44. The second-order valence-corrected chi connectivity index (χ2v) is 5.14. The van der Waals surface area contributed by atoms with Crippen molar-refractivity contribution in [2.45, 2.75) is 19.4 Å². The SMILES string of the molecule is CC(C)(C#N)N1CCN(c2ncc([N+](=O)[O-])cn2)CC1. The van der Waals surface area contributed by atoms with E-state index >= 15 is 0 Å². The monoisotopic (exact) mass is 276 g/mol. The zero-order valence-electron chi connectivity index (χ0n) is 11.5. The third kappa shape index (κ3) is 2.83. The minimum atomic E-state index is -0.517. The van der Waals surface area contributed by atoms with Crippen LogP contribution in [0.1, 0.15) is 13.8 Å². The molecule has 1 aromatic rings. The summed E-state index contributed by atoms with van der Waals surface area (Å²) in [4.78, 5) is 22.1. The first kappa shape index (κ1) is 14.1. The number of aromatic nitrogens is 2. The Bertz CT molecular complexity index is 528. The minimum Gasteiger partial charge on any atom is -0.338 e. The Kier molecular flexibility index (Phi) is 3.81. The lowest BCUT2D eigenvalue weighted by atomic mass is 10.0. The van der Waals surface area contributed by atoms with Gasteiger partial charge in [-0.1, -0.05) is 0 Å². The number of nitrogens with zero attached hydrogens (tertiary/aromatic N) is 6. The molecule has 1 saturated heterocycles. The normalized spacial score (nSPS) is 16.8. The average Bonchev–Trinajstić information content (AvgIpc) is 2.47. The van der Waals surface area contributed by atoms with E-state index in [1.165, 1.54) is 12.4 Å². The molecule has 2 heterocycles. The Balaban J connectivity index is 2.01. The summed E-state index contributed by atoms with van der Waals surface area (Å²) in [7, 11) is 0. The molecule has 0 N–H and O–H groups in total. The molecular formula is C12H16N6O2. The third-order valence-corrected chi connectivity index (χ3v) is 3.46. The molecule has 0 saturated carbocycles. The molecule has 0 amide bonds. The smallest absolute Gasteiger partial charge is 0.305 e. The molecule has 106 valence electrons. The molecule has 0 radical (unpaired) electrons. The summed E-state index contributed by atoms with van der Waals surface area (Å²) in [5.74, 6) is 0.491. The van der Waals surface area contributed by atoms with Gasteiger partial charge in [0.05, 0.1) is 11.0 Å². The molecule has 0 aliphatic carbocycles. The van der Waals surface area contributed by atoms with E-state index in [-0.39, 0.29) is 5.69 Å². The molecule has 2 rings (SSSR count). The summed E-state index contributed by atoms with van der Waals surface area (Å²) in [6.45, 7) is 6.66. The summed E-state index contributed by atoms with van der Waals surface area (Å²) >= 11 is 0. The molecule has 1 fully saturated rings.